The number of hydrogen-bond acceptors (Lipinski definition) is 2. The summed E-state index contributed by atoms with van der Waals surface area (Å²) in [7, 11) is 0. The first-order valence-corrected chi connectivity index (χ1v) is 20.5. The summed E-state index contributed by atoms with van der Waals surface area (Å²) in [6, 6.07) is 84.9. The van der Waals surface area contributed by atoms with Crippen LogP contribution in [0.5, 0.6) is 0 Å². The standard InChI is InChI=1S/C58H39NO/c1-2-11-49-38-54(36-31-40(49)9-1)59(53-34-29-44(30-35-53)42-23-25-47(26-24-42)56-17-8-13-46-10-3-5-16-55(46)56)52-32-27-43(28-33-52)41-19-21-45(22-20-41)48-14-7-15-50(37-48)58-39-51-12-4-6-18-57(51)60-58/h1-39H. The molecule has 60 heavy (non-hydrogen) atoms. The van der Waals surface area contributed by atoms with Crippen molar-refractivity contribution in [1.82, 2.24) is 0 Å². The second kappa shape index (κ2) is 15.1. The van der Waals surface area contributed by atoms with Gasteiger partial charge in [-0.1, -0.05) is 182 Å². The Balaban J connectivity index is 0.876. The largest absolute Gasteiger partial charge is 0.456 e. The third kappa shape index (κ3) is 6.70. The zero-order chi connectivity index (χ0) is 39.8. The van der Waals surface area contributed by atoms with E-state index in [4.69, 9.17) is 4.42 Å². The number of benzene rings is 10. The maximum Gasteiger partial charge on any atom is 0.135 e. The van der Waals surface area contributed by atoms with Crippen molar-refractivity contribution < 1.29 is 4.42 Å². The Morgan fingerprint density at radius 1 is 0.267 bits per heavy atom. The van der Waals surface area contributed by atoms with Crippen molar-refractivity contribution in [3.63, 3.8) is 0 Å². The van der Waals surface area contributed by atoms with Gasteiger partial charge in [-0.25, -0.2) is 0 Å². The van der Waals surface area contributed by atoms with E-state index < -0.39 is 0 Å². The summed E-state index contributed by atoms with van der Waals surface area (Å²) in [5.74, 6) is 0.881. The van der Waals surface area contributed by atoms with Crippen LogP contribution in [0.1, 0.15) is 0 Å². The molecule has 1 heterocycles. The Morgan fingerprint density at radius 3 is 1.42 bits per heavy atom. The fraction of sp³-hybridized carbons (Fsp3) is 0. The Hall–Kier alpha value is -7.94. The number of nitrogens with zero attached hydrogens (tertiary/aromatic N) is 1. The molecule has 0 aliphatic heterocycles. The Labute approximate surface area is 349 Å². The van der Waals surface area contributed by atoms with E-state index in [9.17, 15) is 0 Å². The molecule has 0 saturated carbocycles. The second-order valence-corrected chi connectivity index (χ2v) is 15.4. The molecule has 0 amide bonds. The van der Waals surface area contributed by atoms with Gasteiger partial charge in [0.2, 0.25) is 0 Å². The fourth-order valence-electron chi connectivity index (χ4n) is 8.52. The fourth-order valence-corrected chi connectivity index (χ4v) is 8.52. The third-order valence-electron chi connectivity index (χ3n) is 11.7. The van der Waals surface area contributed by atoms with Gasteiger partial charge in [0.15, 0.2) is 0 Å². The summed E-state index contributed by atoms with van der Waals surface area (Å²) in [6.07, 6.45) is 0. The molecule has 0 aliphatic rings. The molecule has 0 saturated heterocycles. The quantitative estimate of drug-likeness (QED) is 0.153. The molecule has 0 spiro atoms. The van der Waals surface area contributed by atoms with E-state index in [1.54, 1.807) is 0 Å². The van der Waals surface area contributed by atoms with Crippen LogP contribution in [0.25, 0.3) is 88.3 Å². The van der Waals surface area contributed by atoms with E-state index in [1.807, 2.05) is 18.2 Å². The van der Waals surface area contributed by atoms with Gasteiger partial charge in [-0.15, -0.1) is 0 Å². The van der Waals surface area contributed by atoms with Gasteiger partial charge >= 0.3 is 0 Å². The molecule has 11 aromatic rings. The van der Waals surface area contributed by atoms with Crippen molar-refractivity contribution in [3.8, 4) is 55.8 Å². The van der Waals surface area contributed by atoms with E-state index in [2.05, 4.69) is 223 Å². The summed E-state index contributed by atoms with van der Waals surface area (Å²) in [4.78, 5) is 2.35. The van der Waals surface area contributed by atoms with Gasteiger partial charge in [0, 0.05) is 28.0 Å². The summed E-state index contributed by atoms with van der Waals surface area (Å²) in [5, 5.41) is 6.08. The summed E-state index contributed by atoms with van der Waals surface area (Å²) >= 11 is 0. The highest BCUT2D eigenvalue weighted by atomic mass is 16.3. The lowest BCUT2D eigenvalue weighted by Gasteiger charge is -2.26. The van der Waals surface area contributed by atoms with Crippen molar-refractivity contribution >= 4 is 49.6 Å². The highest BCUT2D eigenvalue weighted by Gasteiger charge is 2.15. The highest BCUT2D eigenvalue weighted by Crippen LogP contribution is 2.39. The molecule has 0 atom stereocenters. The molecule has 2 heteroatoms. The topological polar surface area (TPSA) is 16.4 Å². The molecule has 0 radical (unpaired) electrons. The minimum atomic E-state index is 0.881. The molecule has 282 valence electrons. The van der Waals surface area contributed by atoms with Gasteiger partial charge in [0.25, 0.3) is 0 Å². The lowest BCUT2D eigenvalue weighted by atomic mass is 9.96. The van der Waals surface area contributed by atoms with Gasteiger partial charge in [-0.3, -0.25) is 0 Å². The number of anilines is 3. The lowest BCUT2D eigenvalue weighted by Crippen LogP contribution is -2.09. The average Bonchev–Trinajstić information content (AvgIpc) is 3.77. The van der Waals surface area contributed by atoms with Crippen LogP contribution in [-0.4, -0.2) is 0 Å². The van der Waals surface area contributed by atoms with Crippen molar-refractivity contribution in [1.29, 1.82) is 0 Å². The van der Waals surface area contributed by atoms with E-state index in [-0.39, 0.29) is 0 Å². The molecule has 1 aromatic heterocycles. The molecule has 0 aliphatic carbocycles. The van der Waals surface area contributed by atoms with Crippen LogP contribution < -0.4 is 4.90 Å². The predicted octanol–water partition coefficient (Wildman–Crippen LogP) is 16.5. The molecule has 10 aromatic carbocycles. The Morgan fingerprint density at radius 2 is 0.750 bits per heavy atom. The van der Waals surface area contributed by atoms with Gasteiger partial charge in [0.1, 0.15) is 11.3 Å². The van der Waals surface area contributed by atoms with Crippen LogP contribution >= 0.6 is 0 Å². The predicted molar refractivity (Wildman–Crippen MR) is 253 cm³/mol. The van der Waals surface area contributed by atoms with E-state index >= 15 is 0 Å². The van der Waals surface area contributed by atoms with Gasteiger partial charge in [-0.2, -0.15) is 0 Å². The Bertz CT molecular complexity index is 3250. The maximum absolute atomic E-state index is 6.17. The van der Waals surface area contributed by atoms with Crippen LogP contribution in [0, 0.1) is 0 Å². The summed E-state index contributed by atoms with van der Waals surface area (Å²) in [6.45, 7) is 0. The third-order valence-corrected chi connectivity index (χ3v) is 11.7. The van der Waals surface area contributed by atoms with Crippen LogP contribution in [0.4, 0.5) is 17.1 Å². The molecule has 0 N–H and O–H groups in total. The van der Waals surface area contributed by atoms with Crippen LogP contribution in [0.2, 0.25) is 0 Å². The number of rotatable bonds is 8. The molecule has 11 rings (SSSR count). The minimum Gasteiger partial charge on any atom is -0.456 e. The number of hydrogen-bond donors (Lipinski definition) is 0. The SMILES string of the molecule is c1cc(-c2ccc(-c3ccc(N(c4ccc(-c5ccc(-c6cccc7ccccc67)cc5)cc4)c4ccc5ccccc5c4)cc3)cc2)cc(-c2cc3ccccc3o2)c1. The monoisotopic (exact) mass is 765 g/mol. The first-order valence-electron chi connectivity index (χ1n) is 20.5. The number of para-hydroxylation sites is 1. The van der Waals surface area contributed by atoms with Gasteiger partial charge in [0.05, 0.1) is 0 Å². The Kier molecular flexibility index (Phi) is 8.87. The van der Waals surface area contributed by atoms with Crippen LogP contribution in [0.15, 0.2) is 241 Å². The maximum atomic E-state index is 6.17. The zero-order valence-electron chi connectivity index (χ0n) is 32.9. The molecule has 0 bridgehead atoms. The van der Waals surface area contributed by atoms with Crippen molar-refractivity contribution in [2.45, 2.75) is 0 Å². The summed E-state index contributed by atoms with van der Waals surface area (Å²) in [5.41, 5.74) is 14.8. The number of furan rings is 1. The minimum absolute atomic E-state index is 0.881. The normalized spacial score (nSPS) is 11.3. The second-order valence-electron chi connectivity index (χ2n) is 15.4. The molecular weight excluding hydrogens is 727 g/mol. The average molecular weight is 766 g/mol. The highest BCUT2D eigenvalue weighted by molar-refractivity contribution is 5.97. The zero-order valence-corrected chi connectivity index (χ0v) is 32.9. The molecule has 0 fully saturated rings. The molecular formula is C58H39NO. The molecule has 0 unspecified atom stereocenters. The summed E-state index contributed by atoms with van der Waals surface area (Å²) < 4.78 is 6.17. The molecule has 2 nitrogen and oxygen atoms in total. The smallest absolute Gasteiger partial charge is 0.135 e. The van der Waals surface area contributed by atoms with Crippen LogP contribution in [0.3, 0.4) is 0 Å². The van der Waals surface area contributed by atoms with Crippen molar-refractivity contribution in [2.75, 3.05) is 4.90 Å². The first kappa shape index (κ1) is 35.2. The van der Waals surface area contributed by atoms with Crippen molar-refractivity contribution in [3.05, 3.63) is 237 Å². The number of fused-ring (bicyclic) bond motifs is 3. The van der Waals surface area contributed by atoms with Gasteiger partial charge in [-0.05, 0) is 121 Å². The van der Waals surface area contributed by atoms with Gasteiger partial charge < -0.3 is 9.32 Å². The van der Waals surface area contributed by atoms with E-state index in [0.717, 1.165) is 44.9 Å². The lowest BCUT2D eigenvalue weighted by molar-refractivity contribution is 0.631. The van der Waals surface area contributed by atoms with Crippen LogP contribution in [-0.2, 0) is 0 Å². The van der Waals surface area contributed by atoms with E-state index in [0.29, 0.717) is 0 Å². The van der Waals surface area contributed by atoms with Crippen molar-refractivity contribution in [2.24, 2.45) is 0 Å². The van der Waals surface area contributed by atoms with E-state index in [1.165, 1.54) is 60.5 Å². The first-order chi connectivity index (χ1) is 29.7.